The first kappa shape index (κ1) is 19.6. The van der Waals surface area contributed by atoms with Gasteiger partial charge in [0.15, 0.2) is 0 Å². The Bertz CT molecular complexity index is 862. The van der Waals surface area contributed by atoms with Crippen LogP contribution >= 0.6 is 0 Å². The van der Waals surface area contributed by atoms with Crippen LogP contribution < -0.4 is 5.32 Å². The molecule has 4 heterocycles. The number of pyridine rings is 1. The van der Waals surface area contributed by atoms with Crippen molar-refractivity contribution in [2.45, 2.75) is 50.5 Å². The van der Waals surface area contributed by atoms with E-state index in [-0.39, 0.29) is 0 Å². The molecule has 2 saturated heterocycles. The minimum Gasteiger partial charge on any atom is -0.381 e. The van der Waals surface area contributed by atoms with Crippen LogP contribution in [0.25, 0.3) is 11.3 Å². The van der Waals surface area contributed by atoms with Crippen LogP contribution in [0.5, 0.6) is 0 Å². The summed E-state index contributed by atoms with van der Waals surface area (Å²) in [6.07, 6.45) is 9.49. The first-order valence-corrected chi connectivity index (χ1v) is 12.2. The molecule has 2 saturated carbocycles. The van der Waals surface area contributed by atoms with Crippen LogP contribution in [0.15, 0.2) is 30.5 Å². The molecule has 2 aromatic rings. The van der Waals surface area contributed by atoms with Gasteiger partial charge in [0.2, 0.25) is 0 Å². The molecule has 164 valence electrons. The van der Waals surface area contributed by atoms with E-state index < -0.39 is 0 Å². The lowest BCUT2D eigenvalue weighted by Crippen LogP contribution is -2.32. The van der Waals surface area contributed by atoms with Gasteiger partial charge in [0.1, 0.15) is 5.82 Å². The van der Waals surface area contributed by atoms with Crippen molar-refractivity contribution in [1.29, 1.82) is 0 Å². The van der Waals surface area contributed by atoms with E-state index in [2.05, 4.69) is 49.7 Å². The zero-order valence-electron chi connectivity index (χ0n) is 18.2. The van der Waals surface area contributed by atoms with Gasteiger partial charge in [0, 0.05) is 62.3 Å². The number of aromatic nitrogens is 3. The molecule has 2 aliphatic carbocycles. The van der Waals surface area contributed by atoms with Gasteiger partial charge < -0.3 is 15.0 Å². The summed E-state index contributed by atoms with van der Waals surface area (Å²) < 4.78 is 5.52. The van der Waals surface area contributed by atoms with Crippen LogP contribution in [0, 0.1) is 17.8 Å². The van der Waals surface area contributed by atoms with Crippen molar-refractivity contribution in [1.82, 2.24) is 20.1 Å². The average Bonchev–Trinajstić information content (AvgIpc) is 3.50. The summed E-state index contributed by atoms with van der Waals surface area (Å²) >= 11 is 0. The number of likely N-dealkylation sites (tertiary alicyclic amines) is 1. The minimum atomic E-state index is 0.528. The van der Waals surface area contributed by atoms with Gasteiger partial charge in [0.25, 0.3) is 0 Å². The van der Waals surface area contributed by atoms with Crippen LogP contribution in [-0.2, 0) is 4.74 Å². The molecule has 2 aliphatic heterocycles. The van der Waals surface area contributed by atoms with E-state index in [1.165, 1.54) is 63.9 Å². The van der Waals surface area contributed by atoms with Crippen molar-refractivity contribution in [3.05, 3.63) is 36.2 Å². The van der Waals surface area contributed by atoms with E-state index >= 15 is 0 Å². The lowest BCUT2D eigenvalue weighted by Gasteiger charge is -2.27. The number of rotatable bonds is 6. The first-order valence-electron chi connectivity index (χ1n) is 12.2. The number of hydrogen-bond donors (Lipinski definition) is 1. The highest BCUT2D eigenvalue weighted by atomic mass is 16.5. The molecule has 0 bridgehead atoms. The van der Waals surface area contributed by atoms with Crippen molar-refractivity contribution in [2.75, 3.05) is 38.2 Å². The van der Waals surface area contributed by atoms with Gasteiger partial charge >= 0.3 is 0 Å². The number of ether oxygens (including phenoxy) is 1. The Hall–Kier alpha value is -2.05. The Kier molecular flexibility index (Phi) is 5.36. The fraction of sp³-hybridized carbons (Fsp3) is 0.640. The second kappa shape index (κ2) is 8.47. The van der Waals surface area contributed by atoms with Gasteiger partial charge in [-0.2, -0.15) is 0 Å². The molecule has 0 radical (unpaired) electrons. The highest BCUT2D eigenvalue weighted by molar-refractivity contribution is 5.58. The lowest BCUT2D eigenvalue weighted by atomic mass is 10.00. The topological polar surface area (TPSA) is 63.2 Å². The van der Waals surface area contributed by atoms with Crippen molar-refractivity contribution in [3.8, 4) is 11.3 Å². The Morgan fingerprint density at radius 1 is 0.935 bits per heavy atom. The van der Waals surface area contributed by atoms with E-state index in [4.69, 9.17) is 4.74 Å². The van der Waals surface area contributed by atoms with E-state index in [0.29, 0.717) is 12.0 Å². The van der Waals surface area contributed by atoms with E-state index in [1.54, 1.807) is 0 Å². The van der Waals surface area contributed by atoms with Crippen LogP contribution in [0.2, 0.25) is 0 Å². The van der Waals surface area contributed by atoms with Crippen molar-refractivity contribution in [2.24, 2.45) is 17.8 Å². The molecular weight excluding hydrogens is 386 g/mol. The maximum Gasteiger partial charge on any atom is 0.148 e. The molecule has 31 heavy (non-hydrogen) atoms. The van der Waals surface area contributed by atoms with E-state index in [9.17, 15) is 0 Å². The molecule has 0 aromatic carbocycles. The Morgan fingerprint density at radius 2 is 1.74 bits per heavy atom. The van der Waals surface area contributed by atoms with Gasteiger partial charge in [0.05, 0.1) is 5.69 Å². The summed E-state index contributed by atoms with van der Waals surface area (Å²) in [5, 5.41) is 12.6. The second-order valence-corrected chi connectivity index (χ2v) is 10.2. The van der Waals surface area contributed by atoms with Gasteiger partial charge in [-0.05, 0) is 80.5 Å². The maximum atomic E-state index is 5.52. The molecule has 1 N–H and O–H groups in total. The zero-order chi connectivity index (χ0) is 20.6. The summed E-state index contributed by atoms with van der Waals surface area (Å²) in [5.74, 6) is 4.10. The summed E-state index contributed by atoms with van der Waals surface area (Å²) in [6, 6.07) is 8.93. The second-order valence-electron chi connectivity index (χ2n) is 10.2. The van der Waals surface area contributed by atoms with Gasteiger partial charge in [-0.3, -0.25) is 4.98 Å². The first-order chi connectivity index (χ1) is 15.3. The third-order valence-corrected chi connectivity index (χ3v) is 7.78. The molecule has 6 rings (SSSR count). The number of fused-ring (bicyclic) bond motifs is 1. The quantitative estimate of drug-likeness (QED) is 0.765. The molecule has 2 aromatic heterocycles. The summed E-state index contributed by atoms with van der Waals surface area (Å²) in [4.78, 5) is 7.33. The van der Waals surface area contributed by atoms with Crippen LogP contribution in [0.4, 0.5) is 5.82 Å². The molecule has 1 unspecified atom stereocenters. The van der Waals surface area contributed by atoms with Crippen molar-refractivity contribution < 1.29 is 4.74 Å². The normalized spacial score (nSPS) is 29.2. The Balaban J connectivity index is 1.00. The number of hydrogen-bond acceptors (Lipinski definition) is 6. The minimum absolute atomic E-state index is 0.528. The molecule has 6 nitrogen and oxygen atoms in total. The highest BCUT2D eigenvalue weighted by Gasteiger charge is 2.41. The van der Waals surface area contributed by atoms with Crippen LogP contribution in [0.1, 0.15) is 50.1 Å². The fourth-order valence-corrected chi connectivity index (χ4v) is 5.91. The van der Waals surface area contributed by atoms with Gasteiger partial charge in [-0.1, -0.05) is 0 Å². The van der Waals surface area contributed by atoms with E-state index in [0.717, 1.165) is 48.0 Å². The summed E-state index contributed by atoms with van der Waals surface area (Å²) in [7, 11) is 0. The highest BCUT2D eigenvalue weighted by Crippen LogP contribution is 2.40. The zero-order valence-corrected chi connectivity index (χ0v) is 18.2. The molecule has 4 aliphatic rings. The molecule has 0 spiro atoms. The van der Waals surface area contributed by atoms with Gasteiger partial charge in [-0.15, -0.1) is 10.2 Å². The average molecular weight is 420 g/mol. The largest absolute Gasteiger partial charge is 0.381 e. The fourth-order valence-electron chi connectivity index (χ4n) is 5.91. The Morgan fingerprint density at radius 3 is 2.39 bits per heavy atom. The predicted octanol–water partition coefficient (Wildman–Crippen LogP) is 3.96. The molecule has 6 heteroatoms. The standard InChI is InChI=1S/C25H33N5O/c1-2-18(1)23-4-3-19(13-26-23)24-5-6-25(29-28-24)27-22-11-20-15-30(16-21(20)12-22)14-17-7-9-31-10-8-17/h3-6,13,17-18,20-22H,1-2,7-12,14-16H2,(H,27,29)/t20-,21+,22?. The molecule has 3 atom stereocenters. The van der Waals surface area contributed by atoms with Crippen molar-refractivity contribution >= 4 is 5.82 Å². The van der Waals surface area contributed by atoms with Crippen LogP contribution in [0.3, 0.4) is 0 Å². The monoisotopic (exact) mass is 419 g/mol. The third kappa shape index (κ3) is 4.46. The summed E-state index contributed by atoms with van der Waals surface area (Å²) in [6.45, 7) is 5.74. The van der Waals surface area contributed by atoms with Crippen LogP contribution in [-0.4, -0.2) is 59.0 Å². The van der Waals surface area contributed by atoms with Gasteiger partial charge in [-0.25, -0.2) is 0 Å². The number of nitrogens with zero attached hydrogens (tertiary/aromatic N) is 4. The predicted molar refractivity (Wildman–Crippen MR) is 121 cm³/mol. The third-order valence-electron chi connectivity index (χ3n) is 7.78. The molecule has 0 amide bonds. The van der Waals surface area contributed by atoms with E-state index in [1.807, 2.05) is 6.20 Å². The smallest absolute Gasteiger partial charge is 0.148 e. The SMILES string of the molecule is c1cc(C2CC2)ncc1-c1ccc(NC2C[C@@H]3CN(CC4CCOCC4)C[C@@H]3C2)nn1. The number of nitrogens with one attached hydrogen (secondary N) is 1. The maximum absolute atomic E-state index is 5.52. The Labute approximate surface area is 184 Å². The summed E-state index contributed by atoms with van der Waals surface area (Å²) in [5.41, 5.74) is 3.16. The molecule has 4 fully saturated rings. The number of anilines is 1. The molecular formula is C25H33N5O. The lowest BCUT2D eigenvalue weighted by molar-refractivity contribution is 0.0545. The van der Waals surface area contributed by atoms with Crippen molar-refractivity contribution in [3.63, 3.8) is 0 Å².